The van der Waals surface area contributed by atoms with Crippen molar-refractivity contribution in [2.24, 2.45) is 11.3 Å². The van der Waals surface area contributed by atoms with Gasteiger partial charge < -0.3 is 15.2 Å². The van der Waals surface area contributed by atoms with Crippen molar-refractivity contribution in [2.45, 2.75) is 58.2 Å². The van der Waals surface area contributed by atoms with Crippen LogP contribution in [0.4, 0.5) is 0 Å². The zero-order valence-electron chi connectivity index (χ0n) is 11.5. The van der Waals surface area contributed by atoms with E-state index in [2.05, 4.69) is 5.32 Å². The summed E-state index contributed by atoms with van der Waals surface area (Å²) in [7, 11) is 0. The molecule has 2 N–H and O–H groups in total. The largest absolute Gasteiger partial charge is 0.389 e. The van der Waals surface area contributed by atoms with E-state index < -0.39 is 0 Å². The minimum atomic E-state index is -0.385. The molecule has 1 atom stereocenters. The van der Waals surface area contributed by atoms with Gasteiger partial charge in [-0.05, 0) is 57.8 Å². The smallest absolute Gasteiger partial charge is 0.0897 e. The van der Waals surface area contributed by atoms with E-state index in [1.165, 1.54) is 25.7 Å². The molecule has 17 heavy (non-hydrogen) atoms. The maximum absolute atomic E-state index is 9.80. The highest BCUT2D eigenvalue weighted by Gasteiger charge is 2.53. The van der Waals surface area contributed by atoms with Gasteiger partial charge in [-0.25, -0.2) is 0 Å². The third-order valence-corrected chi connectivity index (χ3v) is 3.90. The highest BCUT2D eigenvalue weighted by atomic mass is 16.5. The van der Waals surface area contributed by atoms with Crippen LogP contribution in [0.3, 0.4) is 0 Å². The fourth-order valence-electron chi connectivity index (χ4n) is 2.48. The number of aliphatic hydroxyl groups excluding tert-OH is 1. The summed E-state index contributed by atoms with van der Waals surface area (Å²) in [6.45, 7) is 8.21. The van der Waals surface area contributed by atoms with Gasteiger partial charge in [-0.15, -0.1) is 0 Å². The lowest BCUT2D eigenvalue weighted by Crippen LogP contribution is -2.36. The van der Waals surface area contributed by atoms with Gasteiger partial charge in [-0.2, -0.15) is 0 Å². The van der Waals surface area contributed by atoms with E-state index >= 15 is 0 Å². The quantitative estimate of drug-likeness (QED) is 0.716. The Morgan fingerprint density at radius 3 is 2.47 bits per heavy atom. The van der Waals surface area contributed by atoms with Crippen molar-refractivity contribution in [3.05, 3.63) is 0 Å². The molecule has 100 valence electrons. The lowest BCUT2D eigenvalue weighted by molar-refractivity contribution is -0.0480. The van der Waals surface area contributed by atoms with Gasteiger partial charge in [0.25, 0.3) is 0 Å². The van der Waals surface area contributed by atoms with Crippen LogP contribution < -0.4 is 5.32 Å². The second kappa shape index (κ2) is 4.87. The molecule has 2 saturated carbocycles. The van der Waals surface area contributed by atoms with Crippen LogP contribution in [0, 0.1) is 11.3 Å². The Bertz CT molecular complexity index is 251. The van der Waals surface area contributed by atoms with Gasteiger partial charge >= 0.3 is 0 Å². The Labute approximate surface area is 105 Å². The van der Waals surface area contributed by atoms with Crippen LogP contribution in [0.2, 0.25) is 0 Å². The maximum atomic E-state index is 9.80. The summed E-state index contributed by atoms with van der Waals surface area (Å²) < 4.78 is 5.56. The van der Waals surface area contributed by atoms with Crippen molar-refractivity contribution < 1.29 is 9.84 Å². The van der Waals surface area contributed by atoms with Gasteiger partial charge in [0.1, 0.15) is 0 Å². The first-order valence-electron chi connectivity index (χ1n) is 6.94. The van der Waals surface area contributed by atoms with Gasteiger partial charge in [0.15, 0.2) is 0 Å². The maximum Gasteiger partial charge on any atom is 0.0897 e. The molecule has 2 rings (SSSR count). The molecular formula is C14H27NO2. The molecule has 3 nitrogen and oxygen atoms in total. The van der Waals surface area contributed by atoms with E-state index in [0.717, 1.165) is 12.5 Å². The van der Waals surface area contributed by atoms with Gasteiger partial charge in [0.05, 0.1) is 18.3 Å². The van der Waals surface area contributed by atoms with Crippen LogP contribution in [-0.4, -0.2) is 36.5 Å². The third-order valence-electron chi connectivity index (χ3n) is 3.90. The van der Waals surface area contributed by atoms with Crippen molar-refractivity contribution in [3.8, 4) is 0 Å². The number of rotatable bonds is 7. The first-order valence-corrected chi connectivity index (χ1v) is 6.94. The summed E-state index contributed by atoms with van der Waals surface area (Å²) in [5.74, 6) is 0.984. The monoisotopic (exact) mass is 241 g/mol. The minimum Gasteiger partial charge on any atom is -0.389 e. The minimum absolute atomic E-state index is 0.160. The van der Waals surface area contributed by atoms with E-state index in [1.807, 2.05) is 20.8 Å². The van der Waals surface area contributed by atoms with Crippen molar-refractivity contribution >= 4 is 0 Å². The molecule has 1 unspecified atom stereocenters. The van der Waals surface area contributed by atoms with E-state index in [1.54, 1.807) is 0 Å². The predicted octanol–water partition coefficient (Wildman–Crippen LogP) is 1.94. The molecule has 0 aromatic heterocycles. The highest BCUT2D eigenvalue weighted by Crippen LogP contribution is 2.60. The molecule has 0 amide bonds. The molecule has 0 bridgehead atoms. The molecule has 0 aromatic carbocycles. The van der Waals surface area contributed by atoms with Crippen LogP contribution in [0.15, 0.2) is 0 Å². The van der Waals surface area contributed by atoms with Crippen molar-refractivity contribution in [1.29, 1.82) is 0 Å². The number of nitrogens with one attached hydrogen (secondary N) is 1. The second-order valence-corrected chi connectivity index (χ2v) is 6.84. The fourth-order valence-corrected chi connectivity index (χ4v) is 2.48. The van der Waals surface area contributed by atoms with Crippen molar-refractivity contribution in [1.82, 2.24) is 5.32 Å². The Balaban J connectivity index is 1.55. The molecule has 0 heterocycles. The van der Waals surface area contributed by atoms with Crippen molar-refractivity contribution in [2.75, 3.05) is 19.7 Å². The number of ether oxygens (including phenoxy) is 1. The predicted molar refractivity (Wildman–Crippen MR) is 69.0 cm³/mol. The number of hydrogen-bond acceptors (Lipinski definition) is 3. The first-order chi connectivity index (χ1) is 7.91. The summed E-state index contributed by atoms with van der Waals surface area (Å²) in [4.78, 5) is 0. The highest BCUT2D eigenvalue weighted by molar-refractivity contribution is 5.05. The molecule has 0 saturated heterocycles. The molecule has 0 aliphatic heterocycles. The summed E-state index contributed by atoms with van der Waals surface area (Å²) in [6.07, 6.45) is 5.25. The van der Waals surface area contributed by atoms with Gasteiger partial charge in [0.2, 0.25) is 0 Å². The molecule has 2 fully saturated rings. The number of aliphatic hydroxyl groups is 1. The van der Waals surface area contributed by atoms with E-state index in [0.29, 0.717) is 18.6 Å². The Morgan fingerprint density at radius 1 is 1.35 bits per heavy atom. The Morgan fingerprint density at radius 2 is 2.00 bits per heavy atom. The molecule has 2 aliphatic rings. The molecule has 0 spiro atoms. The molecule has 0 aromatic rings. The SMILES string of the molecule is CC(C)(C)OCC(O)CNCC1(C2CC2)CC1. The van der Waals surface area contributed by atoms with E-state index in [-0.39, 0.29) is 11.7 Å². The topological polar surface area (TPSA) is 41.5 Å². The van der Waals surface area contributed by atoms with Gasteiger partial charge in [-0.1, -0.05) is 0 Å². The normalized spacial score (nSPS) is 24.7. The first kappa shape index (κ1) is 13.3. The van der Waals surface area contributed by atoms with E-state index in [9.17, 15) is 5.11 Å². The molecule has 2 aliphatic carbocycles. The zero-order valence-corrected chi connectivity index (χ0v) is 11.5. The fraction of sp³-hybridized carbons (Fsp3) is 1.00. The van der Waals surface area contributed by atoms with Gasteiger partial charge in [0, 0.05) is 13.1 Å². The van der Waals surface area contributed by atoms with E-state index in [4.69, 9.17) is 4.74 Å². The number of hydrogen-bond donors (Lipinski definition) is 2. The van der Waals surface area contributed by atoms with Crippen LogP contribution in [0.1, 0.15) is 46.5 Å². The van der Waals surface area contributed by atoms with Crippen LogP contribution in [0.5, 0.6) is 0 Å². The summed E-state index contributed by atoms with van der Waals surface area (Å²) in [6, 6.07) is 0. The third kappa shape index (κ3) is 4.23. The Hall–Kier alpha value is -0.120. The average Bonchev–Trinajstić information content (AvgIpc) is 3.05. The second-order valence-electron chi connectivity index (χ2n) is 6.84. The van der Waals surface area contributed by atoms with Crippen molar-refractivity contribution in [3.63, 3.8) is 0 Å². The zero-order chi connectivity index (χ0) is 12.5. The lowest BCUT2D eigenvalue weighted by Gasteiger charge is -2.23. The summed E-state index contributed by atoms with van der Waals surface area (Å²) in [5.41, 5.74) is 0.456. The lowest BCUT2D eigenvalue weighted by atomic mass is 10.0. The standard InChI is InChI=1S/C14H27NO2/c1-13(2,3)17-9-12(16)8-15-10-14(6-7-14)11-4-5-11/h11-12,15-16H,4-10H2,1-3H3. The van der Waals surface area contributed by atoms with Crippen LogP contribution >= 0.6 is 0 Å². The average molecular weight is 241 g/mol. The molecule has 0 radical (unpaired) electrons. The molecular weight excluding hydrogens is 214 g/mol. The summed E-state index contributed by atoms with van der Waals surface area (Å²) in [5, 5.41) is 13.2. The van der Waals surface area contributed by atoms with Crippen LogP contribution in [0.25, 0.3) is 0 Å². The Kier molecular flexibility index (Phi) is 3.81. The molecule has 3 heteroatoms. The van der Waals surface area contributed by atoms with Crippen LogP contribution in [-0.2, 0) is 4.74 Å². The van der Waals surface area contributed by atoms with Gasteiger partial charge in [-0.3, -0.25) is 0 Å². The summed E-state index contributed by atoms with van der Waals surface area (Å²) >= 11 is 0.